The maximum Gasteiger partial charge on any atom is 0.231 e. The lowest BCUT2D eigenvalue weighted by atomic mass is 10.1. The summed E-state index contributed by atoms with van der Waals surface area (Å²) in [5.74, 6) is -0.225. The van der Waals surface area contributed by atoms with Crippen LogP contribution in [0.15, 0.2) is 35.1 Å². The van der Waals surface area contributed by atoms with Crippen LogP contribution in [0.1, 0.15) is 17.5 Å². The van der Waals surface area contributed by atoms with Crippen molar-refractivity contribution >= 4 is 23.3 Å². The first-order chi connectivity index (χ1) is 10.5. The molecule has 1 aliphatic rings. The second kappa shape index (κ2) is 5.63. The number of amides is 2. The van der Waals surface area contributed by atoms with Gasteiger partial charge in [-0.15, -0.1) is 0 Å². The summed E-state index contributed by atoms with van der Waals surface area (Å²) in [6, 6.07) is 7.70. The number of aryl methyl sites for hydroxylation is 2. The van der Waals surface area contributed by atoms with Crippen molar-refractivity contribution in [2.75, 3.05) is 16.8 Å². The zero-order chi connectivity index (χ0) is 15.7. The molecule has 3 rings (SSSR count). The van der Waals surface area contributed by atoms with Crippen molar-refractivity contribution in [2.24, 2.45) is 5.92 Å². The molecule has 1 fully saturated rings. The average Bonchev–Trinajstić information content (AvgIpc) is 3.07. The second-order valence-corrected chi connectivity index (χ2v) is 5.58. The molecule has 0 aliphatic carbocycles. The molecule has 1 saturated heterocycles. The van der Waals surface area contributed by atoms with Crippen molar-refractivity contribution in [2.45, 2.75) is 20.3 Å². The molecule has 6 heteroatoms. The Morgan fingerprint density at radius 3 is 2.68 bits per heavy atom. The van der Waals surface area contributed by atoms with Gasteiger partial charge in [-0.2, -0.15) is 0 Å². The molecule has 1 atom stereocenters. The Balaban J connectivity index is 1.70. The third kappa shape index (κ3) is 2.72. The molecule has 2 amide bonds. The maximum atomic E-state index is 12.3. The Morgan fingerprint density at radius 1 is 1.32 bits per heavy atom. The summed E-state index contributed by atoms with van der Waals surface area (Å²) < 4.78 is 4.79. The van der Waals surface area contributed by atoms with Gasteiger partial charge in [-0.25, -0.2) is 0 Å². The Hall–Kier alpha value is -2.63. The number of rotatable bonds is 3. The molecule has 0 radical (unpaired) electrons. The van der Waals surface area contributed by atoms with E-state index in [0.717, 1.165) is 16.8 Å². The number of aromatic nitrogens is 1. The van der Waals surface area contributed by atoms with Crippen LogP contribution in [0.3, 0.4) is 0 Å². The maximum absolute atomic E-state index is 12.3. The molecule has 2 heterocycles. The van der Waals surface area contributed by atoms with Crippen LogP contribution in [0.25, 0.3) is 0 Å². The van der Waals surface area contributed by atoms with E-state index in [1.807, 2.05) is 31.2 Å². The average molecular weight is 299 g/mol. The van der Waals surface area contributed by atoms with E-state index in [1.165, 1.54) is 6.26 Å². The molecular weight excluding hydrogens is 282 g/mol. The summed E-state index contributed by atoms with van der Waals surface area (Å²) in [4.78, 5) is 26.1. The summed E-state index contributed by atoms with van der Waals surface area (Å²) in [6.07, 6.45) is 1.67. The fourth-order valence-corrected chi connectivity index (χ4v) is 2.48. The molecule has 0 unspecified atom stereocenters. The van der Waals surface area contributed by atoms with E-state index < -0.39 is 0 Å². The molecule has 114 valence electrons. The molecule has 22 heavy (non-hydrogen) atoms. The summed E-state index contributed by atoms with van der Waals surface area (Å²) >= 11 is 0. The minimum Gasteiger partial charge on any atom is -0.362 e. The Morgan fingerprint density at radius 2 is 2.05 bits per heavy atom. The predicted molar refractivity (Wildman–Crippen MR) is 81.5 cm³/mol. The Bertz CT molecular complexity index is 706. The van der Waals surface area contributed by atoms with Gasteiger partial charge >= 0.3 is 0 Å². The third-order valence-corrected chi connectivity index (χ3v) is 3.83. The quantitative estimate of drug-likeness (QED) is 0.943. The van der Waals surface area contributed by atoms with Gasteiger partial charge in [-0.1, -0.05) is 22.9 Å². The van der Waals surface area contributed by atoms with Crippen molar-refractivity contribution in [3.8, 4) is 0 Å². The molecule has 0 saturated carbocycles. The first-order valence-corrected chi connectivity index (χ1v) is 7.13. The van der Waals surface area contributed by atoms with Gasteiger partial charge < -0.3 is 14.7 Å². The lowest BCUT2D eigenvalue weighted by Gasteiger charge is -2.16. The Kier molecular flexibility index (Phi) is 3.66. The normalized spacial score (nSPS) is 17.8. The minimum atomic E-state index is -0.384. The van der Waals surface area contributed by atoms with E-state index in [4.69, 9.17) is 4.52 Å². The molecule has 6 nitrogen and oxygen atoms in total. The first kappa shape index (κ1) is 14.3. The summed E-state index contributed by atoms with van der Waals surface area (Å²) in [6.45, 7) is 4.17. The van der Waals surface area contributed by atoms with E-state index in [9.17, 15) is 9.59 Å². The molecule has 1 aromatic heterocycles. The van der Waals surface area contributed by atoms with Crippen LogP contribution >= 0.6 is 0 Å². The van der Waals surface area contributed by atoms with Crippen LogP contribution in [0.5, 0.6) is 0 Å². The van der Waals surface area contributed by atoms with Crippen molar-refractivity contribution in [1.29, 1.82) is 0 Å². The number of nitrogens with one attached hydrogen (secondary N) is 1. The van der Waals surface area contributed by atoms with Crippen LogP contribution in [0, 0.1) is 19.8 Å². The summed E-state index contributed by atoms with van der Waals surface area (Å²) in [7, 11) is 0. The zero-order valence-electron chi connectivity index (χ0n) is 12.5. The van der Waals surface area contributed by atoms with E-state index in [-0.39, 0.29) is 24.2 Å². The van der Waals surface area contributed by atoms with Gasteiger partial charge in [0, 0.05) is 24.2 Å². The lowest BCUT2D eigenvalue weighted by Crippen LogP contribution is -2.28. The standard InChI is InChI=1S/C16H17N3O3/c1-10-3-5-13(6-4-10)19-8-12(7-14(19)20)16(21)17-15-11(2)9-22-18-15/h3-6,9,12H,7-8H2,1-2H3,(H,17,18,21)/t12-/m0/s1. The van der Waals surface area contributed by atoms with Crippen LogP contribution < -0.4 is 10.2 Å². The topological polar surface area (TPSA) is 75.4 Å². The lowest BCUT2D eigenvalue weighted by molar-refractivity contribution is -0.122. The van der Waals surface area contributed by atoms with Crippen LogP contribution in [-0.4, -0.2) is 23.5 Å². The number of anilines is 2. The van der Waals surface area contributed by atoms with Crippen LogP contribution in [0.2, 0.25) is 0 Å². The van der Waals surface area contributed by atoms with E-state index in [2.05, 4.69) is 10.5 Å². The van der Waals surface area contributed by atoms with Gasteiger partial charge in [0.1, 0.15) is 6.26 Å². The molecule has 0 spiro atoms. The van der Waals surface area contributed by atoms with Gasteiger partial charge in [0.2, 0.25) is 11.8 Å². The van der Waals surface area contributed by atoms with Crippen LogP contribution in [0.4, 0.5) is 11.5 Å². The van der Waals surface area contributed by atoms with E-state index in [0.29, 0.717) is 12.4 Å². The number of hydrogen-bond acceptors (Lipinski definition) is 4. The van der Waals surface area contributed by atoms with E-state index in [1.54, 1.807) is 11.8 Å². The Labute approximate surface area is 128 Å². The van der Waals surface area contributed by atoms with Gasteiger partial charge in [-0.05, 0) is 26.0 Å². The molecule has 1 aromatic carbocycles. The minimum absolute atomic E-state index is 0.0409. The molecule has 1 N–H and O–H groups in total. The largest absolute Gasteiger partial charge is 0.362 e. The highest BCUT2D eigenvalue weighted by atomic mass is 16.5. The van der Waals surface area contributed by atoms with Gasteiger partial charge in [0.05, 0.1) is 5.92 Å². The molecule has 1 aliphatic heterocycles. The van der Waals surface area contributed by atoms with Gasteiger partial charge in [-0.3, -0.25) is 9.59 Å². The van der Waals surface area contributed by atoms with Gasteiger partial charge in [0.25, 0.3) is 0 Å². The second-order valence-electron chi connectivity index (χ2n) is 5.58. The van der Waals surface area contributed by atoms with Crippen molar-refractivity contribution in [1.82, 2.24) is 5.16 Å². The smallest absolute Gasteiger partial charge is 0.231 e. The third-order valence-electron chi connectivity index (χ3n) is 3.83. The number of benzene rings is 1. The molecule has 2 aromatic rings. The first-order valence-electron chi connectivity index (χ1n) is 7.13. The van der Waals surface area contributed by atoms with E-state index >= 15 is 0 Å². The molecule has 0 bridgehead atoms. The SMILES string of the molecule is Cc1ccc(N2C[C@@H](C(=O)Nc3nocc3C)CC2=O)cc1. The monoisotopic (exact) mass is 299 g/mol. The fourth-order valence-electron chi connectivity index (χ4n) is 2.48. The fraction of sp³-hybridized carbons (Fsp3) is 0.312. The van der Waals surface area contributed by atoms with Crippen LogP contribution in [-0.2, 0) is 9.59 Å². The molecular formula is C16H17N3O3. The van der Waals surface area contributed by atoms with Gasteiger partial charge in [0.15, 0.2) is 5.82 Å². The summed E-state index contributed by atoms with van der Waals surface area (Å²) in [5.41, 5.74) is 2.71. The number of carbonyl (C=O) groups is 2. The number of carbonyl (C=O) groups excluding carboxylic acids is 2. The van der Waals surface area contributed by atoms with Crippen molar-refractivity contribution in [3.05, 3.63) is 41.7 Å². The van der Waals surface area contributed by atoms with Crippen molar-refractivity contribution in [3.63, 3.8) is 0 Å². The summed E-state index contributed by atoms with van der Waals surface area (Å²) in [5, 5.41) is 6.44. The highest BCUT2D eigenvalue weighted by Crippen LogP contribution is 2.26. The number of nitrogens with zero attached hydrogens (tertiary/aromatic N) is 2. The highest BCUT2D eigenvalue weighted by Gasteiger charge is 2.35. The zero-order valence-corrected chi connectivity index (χ0v) is 12.5. The number of hydrogen-bond donors (Lipinski definition) is 1. The van der Waals surface area contributed by atoms with Crippen molar-refractivity contribution < 1.29 is 14.1 Å². The predicted octanol–water partition coefficient (Wildman–Crippen LogP) is 2.28. The highest BCUT2D eigenvalue weighted by molar-refractivity contribution is 6.03.